The van der Waals surface area contributed by atoms with E-state index in [1.807, 2.05) is 53.5 Å². The molecule has 2 aromatic heterocycles. The van der Waals surface area contributed by atoms with Crippen LogP contribution in [0.2, 0.25) is 0 Å². The molecule has 0 bridgehead atoms. The molecule has 2 heterocycles. The van der Waals surface area contributed by atoms with Gasteiger partial charge in [0.05, 0.1) is 11.3 Å². The van der Waals surface area contributed by atoms with Crippen molar-refractivity contribution in [3.63, 3.8) is 0 Å². The molecule has 1 N–H and O–H groups in total. The summed E-state index contributed by atoms with van der Waals surface area (Å²) >= 11 is 2.79. The normalized spacial score (nSPS) is 11.7. The number of benzene rings is 2. The van der Waals surface area contributed by atoms with Crippen molar-refractivity contribution in [2.24, 2.45) is 0 Å². The maximum Gasteiger partial charge on any atom is 0.338 e. The Morgan fingerprint density at radius 2 is 1.82 bits per heavy atom. The average molecular weight is 480 g/mol. The molecule has 1 unspecified atom stereocenters. The first-order valence-electron chi connectivity index (χ1n) is 10.1. The van der Waals surface area contributed by atoms with Crippen molar-refractivity contribution in [1.29, 1.82) is 0 Å². The molecular weight excluding hydrogens is 458 g/mol. The zero-order chi connectivity index (χ0) is 23.4. The minimum absolute atomic E-state index is 0.343. The van der Waals surface area contributed by atoms with E-state index in [-0.39, 0.29) is 0 Å². The molecule has 0 spiro atoms. The summed E-state index contributed by atoms with van der Waals surface area (Å²) in [6.45, 7) is 3.39. The van der Waals surface area contributed by atoms with Crippen molar-refractivity contribution < 1.29 is 14.3 Å². The predicted octanol–water partition coefficient (Wildman–Crippen LogP) is 4.61. The predicted molar refractivity (Wildman–Crippen MR) is 129 cm³/mol. The summed E-state index contributed by atoms with van der Waals surface area (Å²) < 4.78 is 7.25. The Morgan fingerprint density at radius 1 is 1.09 bits per heavy atom. The highest BCUT2D eigenvalue weighted by Crippen LogP contribution is 2.25. The van der Waals surface area contributed by atoms with Crippen molar-refractivity contribution in [3.8, 4) is 16.9 Å². The van der Waals surface area contributed by atoms with Gasteiger partial charge in [0.25, 0.3) is 5.91 Å². The van der Waals surface area contributed by atoms with Crippen LogP contribution in [-0.2, 0) is 9.53 Å². The van der Waals surface area contributed by atoms with Crippen LogP contribution < -0.4 is 5.32 Å². The van der Waals surface area contributed by atoms with Gasteiger partial charge in [-0.1, -0.05) is 42.1 Å². The maximum absolute atomic E-state index is 12.5. The SMILES string of the molecule is CSc1nnc(C)n1-c1ccc(C(=O)OC(C)C(=O)Nc2nc(-c3ccccc3)cs2)cc1. The summed E-state index contributed by atoms with van der Waals surface area (Å²) in [6.07, 6.45) is 0.941. The molecule has 0 saturated carbocycles. The van der Waals surface area contributed by atoms with Crippen molar-refractivity contribution in [3.05, 3.63) is 71.4 Å². The van der Waals surface area contributed by atoms with Gasteiger partial charge in [-0.25, -0.2) is 9.78 Å². The number of carbonyl (C=O) groups is 2. The highest BCUT2D eigenvalue weighted by Gasteiger charge is 2.20. The van der Waals surface area contributed by atoms with Crippen molar-refractivity contribution >= 4 is 40.1 Å². The summed E-state index contributed by atoms with van der Waals surface area (Å²) in [5.41, 5.74) is 2.91. The zero-order valence-electron chi connectivity index (χ0n) is 18.2. The quantitative estimate of drug-likeness (QED) is 0.305. The molecule has 1 amide bonds. The number of aromatic nitrogens is 4. The Morgan fingerprint density at radius 3 is 2.52 bits per heavy atom. The highest BCUT2D eigenvalue weighted by atomic mass is 32.2. The molecular formula is C23H21N5O3S2. The Balaban J connectivity index is 1.38. The third-order valence-corrected chi connectivity index (χ3v) is 6.18. The monoisotopic (exact) mass is 479 g/mol. The van der Waals surface area contributed by atoms with Gasteiger partial charge in [-0.15, -0.1) is 21.5 Å². The third kappa shape index (κ3) is 5.12. The van der Waals surface area contributed by atoms with E-state index in [0.29, 0.717) is 10.7 Å². The number of thiazole rings is 1. The molecule has 4 rings (SSSR count). The van der Waals surface area contributed by atoms with Gasteiger partial charge in [-0.2, -0.15) is 0 Å². The number of aryl methyl sites for hydroxylation is 1. The first-order chi connectivity index (χ1) is 16.0. The molecule has 168 valence electrons. The fourth-order valence-corrected chi connectivity index (χ4v) is 4.35. The second-order valence-electron chi connectivity index (χ2n) is 7.06. The van der Waals surface area contributed by atoms with E-state index < -0.39 is 18.0 Å². The molecule has 2 aromatic carbocycles. The Kier molecular flexibility index (Phi) is 6.85. The number of hydrogen-bond acceptors (Lipinski definition) is 8. The molecule has 0 aliphatic carbocycles. The van der Waals surface area contributed by atoms with Crippen molar-refractivity contribution in [2.45, 2.75) is 25.1 Å². The lowest BCUT2D eigenvalue weighted by molar-refractivity contribution is -0.123. The summed E-state index contributed by atoms with van der Waals surface area (Å²) in [5, 5.41) is 14.0. The second kappa shape index (κ2) is 9.97. The summed E-state index contributed by atoms with van der Waals surface area (Å²) in [7, 11) is 0. The molecule has 0 radical (unpaired) electrons. The highest BCUT2D eigenvalue weighted by molar-refractivity contribution is 7.98. The number of nitrogens with one attached hydrogen (secondary N) is 1. The number of nitrogens with zero attached hydrogens (tertiary/aromatic N) is 4. The summed E-state index contributed by atoms with van der Waals surface area (Å²) in [4.78, 5) is 29.5. The number of carbonyl (C=O) groups excluding carboxylic acids is 2. The lowest BCUT2D eigenvalue weighted by Crippen LogP contribution is -2.30. The summed E-state index contributed by atoms with van der Waals surface area (Å²) in [6, 6.07) is 16.6. The summed E-state index contributed by atoms with van der Waals surface area (Å²) in [5.74, 6) is -0.282. The van der Waals surface area contributed by atoms with Gasteiger partial charge in [-0.3, -0.25) is 14.7 Å². The largest absolute Gasteiger partial charge is 0.449 e. The molecule has 0 aliphatic heterocycles. The van der Waals surface area contributed by atoms with Gasteiger partial charge >= 0.3 is 5.97 Å². The molecule has 0 saturated heterocycles. The standard InChI is InChI=1S/C23H21N5O3S2/c1-14(20(29)25-22-24-19(13-33-22)16-7-5-4-6-8-16)31-21(30)17-9-11-18(12-10-17)28-15(2)26-27-23(28)32-3/h4-14H,1-3H3,(H,24,25,29). The second-order valence-corrected chi connectivity index (χ2v) is 8.69. The molecule has 8 nitrogen and oxygen atoms in total. The van der Waals surface area contributed by atoms with Gasteiger partial charge in [0.15, 0.2) is 16.4 Å². The number of rotatable bonds is 7. The van der Waals surface area contributed by atoms with Gasteiger partial charge in [0, 0.05) is 16.6 Å². The van der Waals surface area contributed by atoms with Gasteiger partial charge in [-0.05, 0) is 44.4 Å². The lowest BCUT2D eigenvalue weighted by atomic mass is 10.2. The van der Waals surface area contributed by atoms with Crippen LogP contribution in [0.25, 0.3) is 16.9 Å². The van der Waals surface area contributed by atoms with Crippen molar-refractivity contribution in [1.82, 2.24) is 19.7 Å². The van der Waals surface area contributed by atoms with Crippen LogP contribution in [0.1, 0.15) is 23.1 Å². The van der Waals surface area contributed by atoms with Crippen LogP contribution in [0.3, 0.4) is 0 Å². The number of hydrogen-bond donors (Lipinski definition) is 1. The molecule has 33 heavy (non-hydrogen) atoms. The average Bonchev–Trinajstić information content (AvgIpc) is 3.46. The molecule has 0 aliphatic rings. The third-order valence-electron chi connectivity index (χ3n) is 4.80. The van der Waals surface area contributed by atoms with E-state index in [9.17, 15) is 9.59 Å². The van der Waals surface area contributed by atoms with Crippen LogP contribution in [0.15, 0.2) is 65.1 Å². The zero-order valence-corrected chi connectivity index (χ0v) is 19.8. The van der Waals surface area contributed by atoms with Crippen LogP contribution in [0.5, 0.6) is 0 Å². The first-order valence-corrected chi connectivity index (χ1v) is 12.2. The molecule has 1 atom stereocenters. The Labute approximate surface area is 199 Å². The number of anilines is 1. The fourth-order valence-electron chi connectivity index (χ4n) is 3.08. The Hall–Kier alpha value is -3.50. The van der Waals surface area contributed by atoms with Gasteiger partial charge < -0.3 is 4.74 Å². The maximum atomic E-state index is 12.5. The molecule has 4 aromatic rings. The van der Waals surface area contributed by atoms with Crippen molar-refractivity contribution in [2.75, 3.05) is 11.6 Å². The van der Waals surface area contributed by atoms with Gasteiger partial charge in [0.1, 0.15) is 5.82 Å². The van der Waals surface area contributed by atoms with Crippen LogP contribution in [0.4, 0.5) is 5.13 Å². The minimum Gasteiger partial charge on any atom is -0.449 e. The van der Waals surface area contributed by atoms with Crippen LogP contribution >= 0.6 is 23.1 Å². The van der Waals surface area contributed by atoms with E-state index in [4.69, 9.17) is 4.74 Å². The van der Waals surface area contributed by atoms with E-state index >= 15 is 0 Å². The number of thioether (sulfide) groups is 1. The fraction of sp³-hybridized carbons (Fsp3) is 0.174. The van der Waals surface area contributed by atoms with Gasteiger partial charge in [0.2, 0.25) is 0 Å². The van der Waals surface area contributed by atoms with Crippen LogP contribution in [-0.4, -0.2) is 44.0 Å². The number of amides is 1. The lowest BCUT2D eigenvalue weighted by Gasteiger charge is -2.13. The van der Waals surface area contributed by atoms with E-state index in [0.717, 1.165) is 27.9 Å². The first kappa shape index (κ1) is 22.7. The smallest absolute Gasteiger partial charge is 0.338 e. The topological polar surface area (TPSA) is 99.0 Å². The molecule has 10 heteroatoms. The minimum atomic E-state index is -0.982. The van der Waals surface area contributed by atoms with E-state index in [1.165, 1.54) is 30.0 Å². The number of ether oxygens (including phenoxy) is 1. The Bertz CT molecular complexity index is 1270. The van der Waals surface area contributed by atoms with E-state index in [1.54, 1.807) is 24.3 Å². The number of esters is 1. The van der Waals surface area contributed by atoms with Crippen LogP contribution in [0, 0.1) is 6.92 Å². The molecule has 0 fully saturated rings. The van der Waals surface area contributed by atoms with E-state index in [2.05, 4.69) is 20.5 Å².